The van der Waals surface area contributed by atoms with Crippen molar-refractivity contribution in [3.8, 4) is 0 Å². The van der Waals surface area contributed by atoms with Gasteiger partial charge in [0.15, 0.2) is 14.1 Å². The SMILES string of the molecule is CC[Si](CC)(CC)O[C@@H](C)C(=O)[C@H](C)[C@@H](O)C(C)C. The first-order chi connectivity index (χ1) is 8.74. The summed E-state index contributed by atoms with van der Waals surface area (Å²) in [5.74, 6) is -0.225. The summed E-state index contributed by atoms with van der Waals surface area (Å²) in [6.45, 7) is 14.0. The van der Waals surface area contributed by atoms with Crippen LogP contribution >= 0.6 is 0 Å². The molecule has 0 saturated carbocycles. The van der Waals surface area contributed by atoms with E-state index in [1.54, 1.807) is 6.92 Å². The highest BCUT2D eigenvalue weighted by molar-refractivity contribution is 6.73. The number of aliphatic hydroxyl groups excluding tert-OH is 1. The van der Waals surface area contributed by atoms with Gasteiger partial charge in [-0.25, -0.2) is 0 Å². The summed E-state index contributed by atoms with van der Waals surface area (Å²) in [7, 11) is -1.75. The molecule has 0 bridgehead atoms. The lowest BCUT2D eigenvalue weighted by molar-refractivity contribution is -0.133. The Kier molecular flexibility index (Phi) is 8.09. The van der Waals surface area contributed by atoms with E-state index in [9.17, 15) is 9.90 Å². The van der Waals surface area contributed by atoms with E-state index in [2.05, 4.69) is 20.8 Å². The first-order valence-electron chi connectivity index (χ1n) is 7.64. The maximum atomic E-state index is 12.4. The molecule has 3 nitrogen and oxygen atoms in total. The lowest BCUT2D eigenvalue weighted by Gasteiger charge is -2.33. The molecule has 0 aromatic heterocycles. The zero-order valence-corrected chi connectivity index (χ0v) is 14.7. The third kappa shape index (κ3) is 5.01. The number of hydrogen-bond donors (Lipinski definition) is 1. The Hall–Kier alpha value is -0.193. The molecule has 0 aromatic rings. The zero-order valence-electron chi connectivity index (χ0n) is 13.7. The smallest absolute Gasteiger partial charge is 0.193 e. The lowest BCUT2D eigenvalue weighted by atomic mass is 9.90. The fourth-order valence-electron chi connectivity index (χ4n) is 2.55. The number of aliphatic hydroxyl groups is 1. The minimum Gasteiger partial charge on any atom is -0.407 e. The van der Waals surface area contributed by atoms with Gasteiger partial charge in [-0.2, -0.15) is 0 Å². The number of Topliss-reactive ketones (excluding diaryl/α,β-unsaturated/α-hetero) is 1. The molecule has 0 aromatic carbocycles. The highest BCUT2D eigenvalue weighted by Gasteiger charge is 2.35. The summed E-state index contributed by atoms with van der Waals surface area (Å²) < 4.78 is 6.18. The van der Waals surface area contributed by atoms with Gasteiger partial charge in [0.1, 0.15) is 6.10 Å². The molecule has 0 unspecified atom stereocenters. The van der Waals surface area contributed by atoms with E-state index in [1.807, 2.05) is 20.8 Å². The number of rotatable bonds is 9. The zero-order chi connectivity index (χ0) is 15.2. The molecule has 0 amide bonds. The van der Waals surface area contributed by atoms with Crippen molar-refractivity contribution >= 4 is 14.1 Å². The van der Waals surface area contributed by atoms with Gasteiger partial charge in [0.05, 0.1) is 6.10 Å². The van der Waals surface area contributed by atoms with E-state index >= 15 is 0 Å². The summed E-state index contributed by atoms with van der Waals surface area (Å²) >= 11 is 0. The third-order valence-corrected chi connectivity index (χ3v) is 9.12. The van der Waals surface area contributed by atoms with E-state index in [-0.39, 0.29) is 17.6 Å². The van der Waals surface area contributed by atoms with Crippen molar-refractivity contribution in [2.24, 2.45) is 11.8 Å². The van der Waals surface area contributed by atoms with Crippen LogP contribution in [0.15, 0.2) is 0 Å². The minimum atomic E-state index is -1.75. The molecule has 4 heteroatoms. The molecule has 0 aliphatic carbocycles. The predicted molar refractivity (Wildman–Crippen MR) is 82.8 cm³/mol. The van der Waals surface area contributed by atoms with Gasteiger partial charge < -0.3 is 9.53 Å². The van der Waals surface area contributed by atoms with Gasteiger partial charge in [0.25, 0.3) is 0 Å². The Morgan fingerprint density at radius 3 is 1.79 bits per heavy atom. The van der Waals surface area contributed by atoms with Gasteiger partial charge in [-0.15, -0.1) is 0 Å². The van der Waals surface area contributed by atoms with Crippen molar-refractivity contribution in [1.82, 2.24) is 0 Å². The normalized spacial score (nSPS) is 17.3. The van der Waals surface area contributed by atoms with Crippen LogP contribution in [0.5, 0.6) is 0 Å². The standard InChI is InChI=1S/C15H32O3Si/c1-8-19(9-2,10-3)18-13(7)15(17)12(6)14(16)11(4)5/h11-14,16H,8-10H2,1-7H3/t12-,13+,14+/m1/s1. The van der Waals surface area contributed by atoms with Gasteiger partial charge in [-0.05, 0) is 31.0 Å². The fraction of sp³-hybridized carbons (Fsp3) is 0.933. The molecule has 1 N–H and O–H groups in total. The second kappa shape index (κ2) is 8.17. The number of hydrogen-bond acceptors (Lipinski definition) is 3. The summed E-state index contributed by atoms with van der Waals surface area (Å²) in [6.07, 6.45) is -0.977. The Labute approximate surface area is 119 Å². The molecule has 0 rings (SSSR count). The minimum absolute atomic E-state index is 0.0356. The van der Waals surface area contributed by atoms with E-state index < -0.39 is 20.5 Å². The molecule has 0 heterocycles. The topological polar surface area (TPSA) is 46.5 Å². The quantitative estimate of drug-likeness (QED) is 0.659. The number of carbonyl (C=O) groups excluding carboxylic acids is 1. The van der Waals surface area contributed by atoms with E-state index in [1.165, 1.54) is 0 Å². The molecular formula is C15H32O3Si. The second-order valence-electron chi connectivity index (χ2n) is 5.93. The van der Waals surface area contributed by atoms with Gasteiger partial charge in [-0.3, -0.25) is 4.79 Å². The molecule has 3 atom stereocenters. The molecule has 114 valence electrons. The maximum Gasteiger partial charge on any atom is 0.193 e. The maximum absolute atomic E-state index is 12.4. The number of ketones is 1. The van der Waals surface area contributed by atoms with Crippen LogP contribution in [0.1, 0.15) is 48.5 Å². The van der Waals surface area contributed by atoms with Crippen molar-refractivity contribution in [1.29, 1.82) is 0 Å². The van der Waals surface area contributed by atoms with Crippen LogP contribution in [0.25, 0.3) is 0 Å². The van der Waals surface area contributed by atoms with Gasteiger partial charge in [0, 0.05) is 5.92 Å². The van der Waals surface area contributed by atoms with Gasteiger partial charge >= 0.3 is 0 Å². The Balaban J connectivity index is 4.73. The van der Waals surface area contributed by atoms with Crippen molar-refractivity contribution in [3.63, 3.8) is 0 Å². The third-order valence-electron chi connectivity index (χ3n) is 4.40. The van der Waals surface area contributed by atoms with E-state index in [0.717, 1.165) is 18.1 Å². The van der Waals surface area contributed by atoms with Gasteiger partial charge in [-0.1, -0.05) is 41.5 Å². The van der Waals surface area contributed by atoms with Crippen molar-refractivity contribution in [2.75, 3.05) is 0 Å². The predicted octanol–water partition coefficient (Wildman–Crippen LogP) is 3.62. The van der Waals surface area contributed by atoms with Crippen molar-refractivity contribution in [3.05, 3.63) is 0 Å². The summed E-state index contributed by atoms with van der Waals surface area (Å²) in [4.78, 5) is 12.4. The van der Waals surface area contributed by atoms with E-state index in [4.69, 9.17) is 4.43 Å². The average molecular weight is 289 g/mol. The van der Waals surface area contributed by atoms with Crippen molar-refractivity contribution < 1.29 is 14.3 Å². The Morgan fingerprint density at radius 2 is 1.47 bits per heavy atom. The summed E-state index contributed by atoms with van der Waals surface area (Å²) in [5, 5.41) is 10.0. The Morgan fingerprint density at radius 1 is 1.05 bits per heavy atom. The first kappa shape index (κ1) is 18.8. The molecule has 0 aliphatic rings. The van der Waals surface area contributed by atoms with Crippen LogP contribution in [-0.2, 0) is 9.22 Å². The van der Waals surface area contributed by atoms with Crippen LogP contribution in [0.3, 0.4) is 0 Å². The highest BCUT2D eigenvalue weighted by atomic mass is 28.4. The molecular weight excluding hydrogens is 256 g/mol. The average Bonchev–Trinajstić information content (AvgIpc) is 2.42. The Bertz CT molecular complexity index is 266. The lowest BCUT2D eigenvalue weighted by Crippen LogP contribution is -2.44. The van der Waals surface area contributed by atoms with Crippen LogP contribution in [0.2, 0.25) is 18.1 Å². The largest absolute Gasteiger partial charge is 0.407 e. The van der Waals surface area contributed by atoms with Crippen molar-refractivity contribution in [2.45, 2.75) is 78.8 Å². The molecule has 0 radical (unpaired) electrons. The van der Waals surface area contributed by atoms with Crippen LogP contribution in [0.4, 0.5) is 0 Å². The molecule has 0 saturated heterocycles. The highest BCUT2D eigenvalue weighted by Crippen LogP contribution is 2.25. The first-order valence-corrected chi connectivity index (χ1v) is 10.2. The molecule has 0 aliphatic heterocycles. The van der Waals surface area contributed by atoms with Crippen LogP contribution < -0.4 is 0 Å². The second-order valence-corrected chi connectivity index (χ2v) is 10.7. The monoisotopic (exact) mass is 288 g/mol. The molecule has 0 spiro atoms. The molecule has 19 heavy (non-hydrogen) atoms. The van der Waals surface area contributed by atoms with Crippen LogP contribution in [0, 0.1) is 11.8 Å². The number of carbonyl (C=O) groups is 1. The van der Waals surface area contributed by atoms with E-state index in [0.29, 0.717) is 0 Å². The summed E-state index contributed by atoms with van der Waals surface area (Å²) in [5.41, 5.74) is 0. The van der Waals surface area contributed by atoms with Gasteiger partial charge in [0.2, 0.25) is 0 Å². The fourth-order valence-corrected chi connectivity index (χ4v) is 5.42. The summed E-state index contributed by atoms with van der Waals surface area (Å²) in [6, 6.07) is 3.12. The van der Waals surface area contributed by atoms with Crippen LogP contribution in [-0.4, -0.2) is 31.4 Å². The molecule has 0 fully saturated rings.